The Morgan fingerprint density at radius 2 is 2.31 bits per heavy atom. The molecule has 0 aromatic carbocycles. The molecule has 5 heteroatoms. The maximum atomic E-state index is 12.8. The highest BCUT2D eigenvalue weighted by atomic mass is 19.1. The summed E-state index contributed by atoms with van der Waals surface area (Å²) in [4.78, 5) is 7.90. The lowest BCUT2D eigenvalue weighted by atomic mass is 10.4. The van der Waals surface area contributed by atoms with Crippen LogP contribution in [0.25, 0.3) is 0 Å². The van der Waals surface area contributed by atoms with Gasteiger partial charge in [-0.05, 0) is 12.1 Å². The molecular formula is C11H13FN4. The van der Waals surface area contributed by atoms with Crippen LogP contribution >= 0.6 is 0 Å². The van der Waals surface area contributed by atoms with Gasteiger partial charge in [-0.25, -0.2) is 9.97 Å². The first kappa shape index (κ1) is 10.6. The molecule has 0 amide bonds. The molecule has 16 heavy (non-hydrogen) atoms. The number of rotatable bonds is 4. The van der Waals surface area contributed by atoms with E-state index >= 15 is 0 Å². The Bertz CT molecular complexity index is 467. The number of aromatic nitrogens is 3. The van der Waals surface area contributed by atoms with Crippen LogP contribution in [0, 0.1) is 5.95 Å². The van der Waals surface area contributed by atoms with Crippen molar-refractivity contribution >= 4 is 5.82 Å². The van der Waals surface area contributed by atoms with Crippen molar-refractivity contribution in [2.45, 2.75) is 6.42 Å². The molecule has 0 aliphatic heterocycles. The zero-order valence-electron chi connectivity index (χ0n) is 9.02. The first-order chi connectivity index (χ1) is 7.75. The van der Waals surface area contributed by atoms with Crippen molar-refractivity contribution < 1.29 is 4.39 Å². The highest BCUT2D eigenvalue weighted by Crippen LogP contribution is 2.03. The maximum absolute atomic E-state index is 12.8. The first-order valence-corrected chi connectivity index (χ1v) is 5.08. The van der Waals surface area contributed by atoms with E-state index in [1.807, 2.05) is 17.8 Å². The third kappa shape index (κ3) is 2.56. The molecule has 0 aliphatic carbocycles. The van der Waals surface area contributed by atoms with Crippen molar-refractivity contribution in [1.29, 1.82) is 0 Å². The summed E-state index contributed by atoms with van der Waals surface area (Å²) in [6, 6.07) is 4.69. The maximum Gasteiger partial charge on any atom is 0.214 e. The zero-order chi connectivity index (χ0) is 11.4. The SMILES string of the molecule is Cn1ccnc1CCNc1cccc(F)n1. The summed E-state index contributed by atoms with van der Waals surface area (Å²) in [6.45, 7) is 0.682. The topological polar surface area (TPSA) is 42.7 Å². The van der Waals surface area contributed by atoms with Gasteiger partial charge in [0, 0.05) is 32.4 Å². The van der Waals surface area contributed by atoms with Gasteiger partial charge >= 0.3 is 0 Å². The van der Waals surface area contributed by atoms with Gasteiger partial charge in [0.25, 0.3) is 0 Å². The molecule has 0 unspecified atom stereocenters. The molecule has 1 N–H and O–H groups in total. The number of nitrogens with one attached hydrogen (secondary N) is 1. The number of aryl methyl sites for hydroxylation is 1. The van der Waals surface area contributed by atoms with Crippen LogP contribution < -0.4 is 5.32 Å². The van der Waals surface area contributed by atoms with Crippen molar-refractivity contribution in [2.75, 3.05) is 11.9 Å². The van der Waals surface area contributed by atoms with Crippen LogP contribution in [0.4, 0.5) is 10.2 Å². The second kappa shape index (κ2) is 4.74. The van der Waals surface area contributed by atoms with Crippen LogP contribution in [0.1, 0.15) is 5.82 Å². The van der Waals surface area contributed by atoms with Crippen LogP contribution in [0.5, 0.6) is 0 Å². The van der Waals surface area contributed by atoms with Gasteiger partial charge in [-0.3, -0.25) is 0 Å². The van der Waals surface area contributed by atoms with E-state index in [9.17, 15) is 4.39 Å². The minimum atomic E-state index is -0.470. The van der Waals surface area contributed by atoms with Gasteiger partial charge in [0.15, 0.2) is 0 Å². The predicted molar refractivity (Wildman–Crippen MR) is 59.6 cm³/mol. The summed E-state index contributed by atoms with van der Waals surface area (Å²) in [5.41, 5.74) is 0. The molecule has 0 aliphatic rings. The fourth-order valence-corrected chi connectivity index (χ4v) is 1.45. The summed E-state index contributed by atoms with van der Waals surface area (Å²) in [5.74, 6) is 1.07. The average Bonchev–Trinajstić information content (AvgIpc) is 2.65. The van der Waals surface area contributed by atoms with Gasteiger partial charge in [0.2, 0.25) is 5.95 Å². The summed E-state index contributed by atoms with van der Waals surface area (Å²) in [5, 5.41) is 3.05. The van der Waals surface area contributed by atoms with Gasteiger partial charge in [0.1, 0.15) is 11.6 Å². The third-order valence-corrected chi connectivity index (χ3v) is 2.29. The summed E-state index contributed by atoms with van der Waals surface area (Å²) in [7, 11) is 1.95. The highest BCUT2D eigenvalue weighted by Gasteiger charge is 1.99. The number of anilines is 1. The summed E-state index contributed by atoms with van der Waals surface area (Å²) >= 11 is 0. The van der Waals surface area contributed by atoms with Gasteiger partial charge < -0.3 is 9.88 Å². The number of halogens is 1. The molecule has 2 aromatic rings. The zero-order valence-corrected chi connectivity index (χ0v) is 9.02. The molecule has 4 nitrogen and oxygen atoms in total. The number of imidazole rings is 1. The van der Waals surface area contributed by atoms with Crippen LogP contribution in [-0.2, 0) is 13.5 Å². The quantitative estimate of drug-likeness (QED) is 0.796. The van der Waals surface area contributed by atoms with Crippen molar-refractivity contribution in [3.8, 4) is 0 Å². The average molecular weight is 220 g/mol. The Morgan fingerprint density at radius 1 is 1.44 bits per heavy atom. The summed E-state index contributed by atoms with van der Waals surface area (Å²) < 4.78 is 14.7. The van der Waals surface area contributed by atoms with E-state index < -0.39 is 5.95 Å². The van der Waals surface area contributed by atoms with Gasteiger partial charge in [-0.15, -0.1) is 0 Å². The largest absolute Gasteiger partial charge is 0.370 e. The Kier molecular flexibility index (Phi) is 3.14. The normalized spacial score (nSPS) is 10.4. The van der Waals surface area contributed by atoms with E-state index in [0.717, 1.165) is 12.2 Å². The van der Waals surface area contributed by atoms with Crippen molar-refractivity contribution in [3.05, 3.63) is 42.4 Å². The molecule has 0 saturated heterocycles. The van der Waals surface area contributed by atoms with Crippen molar-refractivity contribution in [3.63, 3.8) is 0 Å². The highest BCUT2D eigenvalue weighted by molar-refractivity contribution is 5.33. The molecule has 2 aromatic heterocycles. The van der Waals surface area contributed by atoms with Gasteiger partial charge in [-0.2, -0.15) is 4.39 Å². The lowest BCUT2D eigenvalue weighted by Gasteiger charge is -2.05. The van der Waals surface area contributed by atoms with E-state index in [4.69, 9.17) is 0 Å². The predicted octanol–water partition coefficient (Wildman–Crippen LogP) is 1.61. The van der Waals surface area contributed by atoms with E-state index in [0.29, 0.717) is 12.4 Å². The molecule has 0 bridgehead atoms. The van der Waals surface area contributed by atoms with E-state index in [1.54, 1.807) is 18.3 Å². The molecule has 84 valence electrons. The lowest BCUT2D eigenvalue weighted by Crippen LogP contribution is -2.09. The molecule has 2 heterocycles. The van der Waals surface area contributed by atoms with E-state index in [-0.39, 0.29) is 0 Å². The van der Waals surface area contributed by atoms with E-state index in [2.05, 4.69) is 15.3 Å². The molecule has 0 fully saturated rings. The van der Waals surface area contributed by atoms with Gasteiger partial charge in [0.05, 0.1) is 0 Å². The first-order valence-electron chi connectivity index (χ1n) is 5.08. The van der Waals surface area contributed by atoms with Crippen LogP contribution in [0.15, 0.2) is 30.6 Å². The lowest BCUT2D eigenvalue weighted by molar-refractivity contribution is 0.585. The van der Waals surface area contributed by atoms with E-state index in [1.165, 1.54) is 6.07 Å². The molecule has 0 radical (unpaired) electrons. The van der Waals surface area contributed by atoms with Crippen LogP contribution in [-0.4, -0.2) is 21.1 Å². The summed E-state index contributed by atoms with van der Waals surface area (Å²) in [6.07, 6.45) is 4.44. The number of hydrogen-bond donors (Lipinski definition) is 1. The molecule has 0 saturated carbocycles. The Labute approximate surface area is 93.2 Å². The van der Waals surface area contributed by atoms with Crippen molar-refractivity contribution in [2.24, 2.45) is 7.05 Å². The minimum Gasteiger partial charge on any atom is -0.370 e. The number of hydrogen-bond acceptors (Lipinski definition) is 3. The standard InChI is InChI=1S/C11H13FN4/c1-16-8-7-14-11(16)5-6-13-10-4-2-3-9(12)15-10/h2-4,7-8H,5-6H2,1H3,(H,13,15). The molecular weight excluding hydrogens is 207 g/mol. The minimum absolute atomic E-state index is 0.470. The monoisotopic (exact) mass is 220 g/mol. The molecule has 0 spiro atoms. The Morgan fingerprint density at radius 3 is 3.00 bits per heavy atom. The third-order valence-electron chi connectivity index (χ3n) is 2.29. The number of pyridine rings is 1. The Balaban J connectivity index is 1.87. The second-order valence-electron chi connectivity index (χ2n) is 3.48. The second-order valence-corrected chi connectivity index (χ2v) is 3.48. The fourth-order valence-electron chi connectivity index (χ4n) is 1.45. The van der Waals surface area contributed by atoms with Gasteiger partial charge in [-0.1, -0.05) is 6.07 Å². The van der Waals surface area contributed by atoms with Crippen LogP contribution in [0.3, 0.4) is 0 Å². The van der Waals surface area contributed by atoms with Crippen molar-refractivity contribution in [1.82, 2.24) is 14.5 Å². The fraction of sp³-hybridized carbons (Fsp3) is 0.273. The molecule has 2 rings (SSSR count). The van der Waals surface area contributed by atoms with Crippen LogP contribution in [0.2, 0.25) is 0 Å². The molecule has 0 atom stereocenters. The number of nitrogens with zero attached hydrogens (tertiary/aromatic N) is 3. The smallest absolute Gasteiger partial charge is 0.214 e. The Hall–Kier alpha value is -1.91.